The van der Waals surface area contributed by atoms with Crippen molar-refractivity contribution in [2.45, 2.75) is 51.9 Å². The van der Waals surface area contributed by atoms with Crippen LogP contribution >= 0.6 is 0 Å². The number of unbranched alkanes of at least 4 members (excludes halogenated alkanes) is 1. The lowest BCUT2D eigenvalue weighted by molar-refractivity contribution is -0.150. The summed E-state index contributed by atoms with van der Waals surface area (Å²) in [5.74, 6) is 2.26. The number of allylic oxidation sites excluding steroid dienone is 4. The van der Waals surface area contributed by atoms with Crippen molar-refractivity contribution in [3.05, 3.63) is 63.1 Å². The standard InChI is InChI=1S/C26H30N4O4/c1-5-6-8-13-22(31)33-17-34-25-21(15-19-23(26(2,3)4)28-16-27-19)29-24(32)20(30-25)14-18-11-9-7-10-12-18/h1,7,9-11,14-16,18H,6,8,12-13,17H2,2-4H3,(H,27,28)(H,29,32)/b20-14-,21-15-. The minimum Gasteiger partial charge on any atom is -0.438 e. The van der Waals surface area contributed by atoms with Crippen LogP contribution in [0.1, 0.15) is 57.8 Å². The van der Waals surface area contributed by atoms with E-state index in [2.05, 4.69) is 46.6 Å². The molecule has 3 rings (SSSR count). The van der Waals surface area contributed by atoms with Gasteiger partial charge in [-0.3, -0.25) is 9.59 Å². The highest BCUT2D eigenvalue weighted by atomic mass is 16.7. The van der Waals surface area contributed by atoms with Gasteiger partial charge in [0.15, 0.2) is 0 Å². The van der Waals surface area contributed by atoms with Gasteiger partial charge in [-0.05, 0) is 25.0 Å². The molecule has 8 nitrogen and oxygen atoms in total. The zero-order valence-corrected chi connectivity index (χ0v) is 19.8. The Balaban J connectivity index is 1.94. The maximum Gasteiger partial charge on any atom is 0.308 e. The third kappa shape index (κ3) is 6.82. The van der Waals surface area contributed by atoms with Crippen molar-refractivity contribution in [2.75, 3.05) is 6.79 Å². The Morgan fingerprint density at radius 1 is 1.35 bits per heavy atom. The molecule has 2 heterocycles. The van der Waals surface area contributed by atoms with E-state index in [-0.39, 0.29) is 41.3 Å². The summed E-state index contributed by atoms with van der Waals surface area (Å²) in [6.07, 6.45) is 20.2. The van der Waals surface area contributed by atoms with Crippen LogP contribution in [-0.2, 0) is 14.9 Å². The second-order valence-corrected chi connectivity index (χ2v) is 8.94. The van der Waals surface area contributed by atoms with E-state index >= 15 is 0 Å². The second kappa shape index (κ2) is 11.3. The number of esters is 1. The lowest BCUT2D eigenvalue weighted by Gasteiger charge is -2.17. The zero-order valence-electron chi connectivity index (χ0n) is 19.8. The lowest BCUT2D eigenvalue weighted by atomic mass is 9.90. The van der Waals surface area contributed by atoms with Gasteiger partial charge in [0.2, 0.25) is 12.7 Å². The van der Waals surface area contributed by atoms with Crippen LogP contribution in [0, 0.1) is 18.3 Å². The molecular weight excluding hydrogens is 432 g/mol. The van der Waals surface area contributed by atoms with Crippen LogP contribution in [0.15, 0.2) is 35.4 Å². The lowest BCUT2D eigenvalue weighted by Crippen LogP contribution is -2.38. The minimum atomic E-state index is -0.418. The molecule has 0 aliphatic heterocycles. The molecular formula is C26H30N4O4. The SMILES string of the molecule is C#CCCCC(=O)OCOc1n/c(=C\C2C=CC=CC2)c(=O)[nH]/c1=C\c1nc[nH]c1C(C)(C)C. The van der Waals surface area contributed by atoms with Crippen molar-refractivity contribution >= 4 is 18.1 Å². The number of hydrogen-bond donors (Lipinski definition) is 2. The van der Waals surface area contributed by atoms with Crippen molar-refractivity contribution in [1.29, 1.82) is 0 Å². The molecule has 2 N–H and O–H groups in total. The van der Waals surface area contributed by atoms with Gasteiger partial charge in [0, 0.05) is 29.9 Å². The Morgan fingerprint density at radius 2 is 2.18 bits per heavy atom. The molecule has 34 heavy (non-hydrogen) atoms. The number of terminal acetylenes is 1. The first kappa shape index (κ1) is 24.8. The van der Waals surface area contributed by atoms with Gasteiger partial charge >= 0.3 is 5.97 Å². The van der Waals surface area contributed by atoms with E-state index in [0.29, 0.717) is 23.9 Å². The van der Waals surface area contributed by atoms with Gasteiger partial charge in [-0.1, -0.05) is 45.1 Å². The molecule has 0 radical (unpaired) electrons. The first-order valence-corrected chi connectivity index (χ1v) is 11.2. The number of nitrogens with zero attached hydrogens (tertiary/aromatic N) is 2. The van der Waals surface area contributed by atoms with Gasteiger partial charge in [-0.15, -0.1) is 12.3 Å². The molecule has 0 saturated carbocycles. The number of ether oxygens (including phenoxy) is 2. The highest BCUT2D eigenvalue weighted by Gasteiger charge is 2.19. The van der Waals surface area contributed by atoms with Crippen molar-refractivity contribution in [1.82, 2.24) is 19.9 Å². The monoisotopic (exact) mass is 462 g/mol. The third-order valence-electron chi connectivity index (χ3n) is 5.14. The van der Waals surface area contributed by atoms with Gasteiger partial charge < -0.3 is 19.4 Å². The van der Waals surface area contributed by atoms with Crippen molar-refractivity contribution in [3.8, 4) is 18.2 Å². The van der Waals surface area contributed by atoms with Gasteiger partial charge in [0.25, 0.3) is 5.56 Å². The average Bonchev–Trinajstić information content (AvgIpc) is 3.26. The Labute approximate surface area is 198 Å². The summed E-state index contributed by atoms with van der Waals surface area (Å²) in [6.45, 7) is 5.83. The molecule has 2 aromatic heterocycles. The average molecular weight is 463 g/mol. The number of aromatic nitrogens is 4. The van der Waals surface area contributed by atoms with Gasteiger partial charge in [-0.25, -0.2) is 9.97 Å². The molecule has 0 bridgehead atoms. The summed E-state index contributed by atoms with van der Waals surface area (Å²) in [5, 5.41) is 0.567. The predicted molar refractivity (Wildman–Crippen MR) is 130 cm³/mol. The van der Waals surface area contributed by atoms with E-state index in [0.717, 1.165) is 12.1 Å². The van der Waals surface area contributed by atoms with Crippen LogP contribution in [0.5, 0.6) is 5.88 Å². The maximum atomic E-state index is 12.8. The second-order valence-electron chi connectivity index (χ2n) is 8.94. The molecule has 1 aliphatic carbocycles. The van der Waals surface area contributed by atoms with Crippen molar-refractivity contribution in [2.24, 2.45) is 5.92 Å². The van der Waals surface area contributed by atoms with Crippen molar-refractivity contribution in [3.63, 3.8) is 0 Å². The Morgan fingerprint density at radius 3 is 2.88 bits per heavy atom. The number of rotatable bonds is 8. The van der Waals surface area contributed by atoms with E-state index < -0.39 is 5.97 Å². The quantitative estimate of drug-likeness (QED) is 0.269. The number of aromatic amines is 2. The molecule has 2 aromatic rings. The molecule has 0 saturated heterocycles. The topological polar surface area (TPSA) is 110 Å². The van der Waals surface area contributed by atoms with E-state index in [1.54, 1.807) is 18.5 Å². The summed E-state index contributed by atoms with van der Waals surface area (Å²) < 4.78 is 10.8. The molecule has 1 atom stereocenters. The molecule has 0 fully saturated rings. The summed E-state index contributed by atoms with van der Waals surface area (Å²) in [4.78, 5) is 39.5. The summed E-state index contributed by atoms with van der Waals surface area (Å²) >= 11 is 0. The fraction of sp³-hybridized carbons (Fsp3) is 0.385. The van der Waals surface area contributed by atoms with E-state index in [1.165, 1.54) is 0 Å². The first-order chi connectivity index (χ1) is 16.3. The number of imidazole rings is 1. The molecule has 8 heteroatoms. The molecule has 1 aliphatic rings. The largest absolute Gasteiger partial charge is 0.438 e. The maximum absolute atomic E-state index is 12.8. The fourth-order valence-electron chi connectivity index (χ4n) is 3.42. The van der Waals surface area contributed by atoms with Crippen molar-refractivity contribution < 1.29 is 14.3 Å². The summed E-state index contributed by atoms with van der Waals surface area (Å²) in [5.41, 5.74) is 1.01. The van der Waals surface area contributed by atoms with E-state index in [1.807, 2.05) is 24.3 Å². The number of hydrogen-bond acceptors (Lipinski definition) is 6. The van der Waals surface area contributed by atoms with Crippen LogP contribution in [0.4, 0.5) is 0 Å². The van der Waals surface area contributed by atoms with Crippen LogP contribution in [0.3, 0.4) is 0 Å². The van der Waals surface area contributed by atoms with Crippen LogP contribution in [0.2, 0.25) is 0 Å². The molecule has 178 valence electrons. The molecule has 0 amide bonds. The smallest absolute Gasteiger partial charge is 0.308 e. The highest BCUT2D eigenvalue weighted by Crippen LogP contribution is 2.23. The van der Waals surface area contributed by atoms with Crippen LogP contribution < -0.4 is 21.0 Å². The van der Waals surface area contributed by atoms with Crippen LogP contribution in [0.25, 0.3) is 12.2 Å². The van der Waals surface area contributed by atoms with E-state index in [9.17, 15) is 9.59 Å². The minimum absolute atomic E-state index is 0.0501. The number of carbonyl (C=O) groups is 1. The molecule has 1 unspecified atom stereocenters. The summed E-state index contributed by atoms with van der Waals surface area (Å²) in [6, 6.07) is 0. The zero-order chi connectivity index (χ0) is 24.6. The fourth-order valence-corrected chi connectivity index (χ4v) is 3.42. The molecule has 0 spiro atoms. The van der Waals surface area contributed by atoms with Gasteiger partial charge in [-0.2, -0.15) is 0 Å². The van der Waals surface area contributed by atoms with Gasteiger partial charge in [0.05, 0.1) is 12.0 Å². The number of carbonyl (C=O) groups excluding carboxylic acids is 1. The highest BCUT2D eigenvalue weighted by molar-refractivity contribution is 5.69. The predicted octanol–water partition coefficient (Wildman–Crippen LogP) is 2.22. The Kier molecular flexibility index (Phi) is 8.25. The first-order valence-electron chi connectivity index (χ1n) is 11.2. The van der Waals surface area contributed by atoms with E-state index in [4.69, 9.17) is 15.9 Å². The Bertz CT molecular complexity index is 1290. The van der Waals surface area contributed by atoms with Crippen LogP contribution in [-0.4, -0.2) is 32.7 Å². The number of nitrogens with one attached hydrogen (secondary N) is 2. The normalized spacial score (nSPS) is 16.5. The summed E-state index contributed by atoms with van der Waals surface area (Å²) in [7, 11) is 0. The molecule has 0 aromatic carbocycles. The third-order valence-corrected chi connectivity index (χ3v) is 5.14. The Hall–Kier alpha value is -3.86. The van der Waals surface area contributed by atoms with Gasteiger partial charge in [0.1, 0.15) is 10.7 Å². The number of H-pyrrole nitrogens is 2.